The van der Waals surface area contributed by atoms with Crippen LogP contribution in [0.3, 0.4) is 0 Å². The molecular formula is C17H30Cl2N4O2. The van der Waals surface area contributed by atoms with Gasteiger partial charge in [0.15, 0.2) is 0 Å². The van der Waals surface area contributed by atoms with E-state index in [9.17, 15) is 4.79 Å². The lowest BCUT2D eigenvalue weighted by atomic mass is 9.91. The minimum absolute atomic E-state index is 0. The van der Waals surface area contributed by atoms with Crippen LogP contribution in [0.25, 0.3) is 0 Å². The van der Waals surface area contributed by atoms with Crippen LogP contribution in [0.5, 0.6) is 0 Å². The summed E-state index contributed by atoms with van der Waals surface area (Å²) < 4.78 is 1.73. The summed E-state index contributed by atoms with van der Waals surface area (Å²) in [5, 5.41) is 17.2. The van der Waals surface area contributed by atoms with Gasteiger partial charge in [-0.1, -0.05) is 32.4 Å². The molecule has 2 rings (SSSR count). The largest absolute Gasteiger partial charge is 0.396 e. The Morgan fingerprint density at radius 1 is 1.44 bits per heavy atom. The van der Waals surface area contributed by atoms with E-state index in [2.05, 4.69) is 36.1 Å². The molecule has 0 saturated carbocycles. The van der Waals surface area contributed by atoms with Gasteiger partial charge < -0.3 is 10.4 Å². The van der Waals surface area contributed by atoms with Gasteiger partial charge in [0.25, 0.3) is 0 Å². The van der Waals surface area contributed by atoms with Crippen molar-refractivity contribution in [2.24, 2.45) is 18.9 Å². The van der Waals surface area contributed by atoms with E-state index in [0.717, 1.165) is 37.3 Å². The number of likely N-dealkylation sites (tertiary alicyclic amines) is 1. The number of aromatic nitrogens is 2. The molecule has 2 N–H and O–H groups in total. The summed E-state index contributed by atoms with van der Waals surface area (Å²) in [5.41, 5.74) is 2.13. The van der Waals surface area contributed by atoms with Crippen molar-refractivity contribution in [2.75, 3.05) is 19.7 Å². The lowest BCUT2D eigenvalue weighted by molar-refractivity contribution is -0.122. The van der Waals surface area contributed by atoms with E-state index in [1.54, 1.807) is 4.68 Å². The number of amides is 1. The average molecular weight is 393 g/mol. The molecule has 1 fully saturated rings. The number of carbonyl (C=O) groups is 1. The summed E-state index contributed by atoms with van der Waals surface area (Å²) in [7, 11) is 1.86. The zero-order valence-corrected chi connectivity index (χ0v) is 17.0. The van der Waals surface area contributed by atoms with Crippen molar-refractivity contribution < 1.29 is 9.90 Å². The standard InChI is InChI=1S/C17H29ClN4O2.ClH/c1-5-14-13(17(18)21(4)20-14)9-22-8-12(11(2)3)15(10-22)19-16(24)6-7-23;/h11-12,15,23H,5-10H2,1-4H3,(H,19,24);1H/t12-,15+;/m1./s1. The first-order valence-corrected chi connectivity index (χ1v) is 9.07. The minimum Gasteiger partial charge on any atom is -0.396 e. The van der Waals surface area contributed by atoms with Crippen LogP contribution in [-0.2, 0) is 24.8 Å². The van der Waals surface area contributed by atoms with Crippen LogP contribution in [0.4, 0.5) is 0 Å². The number of hydrogen-bond donors (Lipinski definition) is 2. The third-order valence-electron chi connectivity index (χ3n) is 4.85. The molecule has 0 aliphatic carbocycles. The van der Waals surface area contributed by atoms with Gasteiger partial charge in [-0.25, -0.2) is 0 Å². The predicted octanol–water partition coefficient (Wildman–Crippen LogP) is 2.01. The summed E-state index contributed by atoms with van der Waals surface area (Å²) in [6.45, 7) is 8.83. The topological polar surface area (TPSA) is 70.4 Å². The van der Waals surface area contributed by atoms with Crippen molar-refractivity contribution in [3.8, 4) is 0 Å². The van der Waals surface area contributed by atoms with Gasteiger partial charge in [0.2, 0.25) is 5.91 Å². The summed E-state index contributed by atoms with van der Waals surface area (Å²) >= 11 is 6.41. The summed E-state index contributed by atoms with van der Waals surface area (Å²) in [5.74, 6) is 0.793. The van der Waals surface area contributed by atoms with Crippen molar-refractivity contribution >= 4 is 29.9 Å². The van der Waals surface area contributed by atoms with Crippen molar-refractivity contribution in [3.63, 3.8) is 0 Å². The highest BCUT2D eigenvalue weighted by molar-refractivity contribution is 6.30. The second-order valence-electron chi connectivity index (χ2n) is 6.94. The molecule has 0 spiro atoms. The van der Waals surface area contributed by atoms with E-state index in [0.29, 0.717) is 17.0 Å². The Bertz CT molecular complexity index is 577. The van der Waals surface area contributed by atoms with Crippen LogP contribution in [0.15, 0.2) is 0 Å². The number of aliphatic hydroxyl groups excluding tert-OH is 1. The molecule has 25 heavy (non-hydrogen) atoms. The Morgan fingerprint density at radius 3 is 2.68 bits per heavy atom. The van der Waals surface area contributed by atoms with E-state index in [1.807, 2.05) is 7.05 Å². The first-order valence-electron chi connectivity index (χ1n) is 8.70. The number of nitrogens with one attached hydrogen (secondary N) is 1. The van der Waals surface area contributed by atoms with Crippen LogP contribution in [-0.4, -0.2) is 51.4 Å². The molecular weight excluding hydrogens is 363 g/mol. The second kappa shape index (κ2) is 9.76. The highest BCUT2D eigenvalue weighted by Crippen LogP contribution is 2.28. The molecule has 144 valence electrons. The number of carbonyl (C=O) groups excluding carboxylic acids is 1. The molecule has 0 aromatic carbocycles. The molecule has 1 aromatic rings. The van der Waals surface area contributed by atoms with Crippen molar-refractivity contribution in [3.05, 3.63) is 16.4 Å². The molecule has 1 aliphatic rings. The van der Waals surface area contributed by atoms with Gasteiger partial charge in [-0.3, -0.25) is 14.4 Å². The first kappa shape index (κ1) is 22.2. The number of halogens is 2. The van der Waals surface area contributed by atoms with Crippen LogP contribution in [0.1, 0.15) is 38.4 Å². The summed E-state index contributed by atoms with van der Waals surface area (Å²) in [6.07, 6.45) is 1.02. The molecule has 6 nitrogen and oxygen atoms in total. The molecule has 2 atom stereocenters. The molecule has 1 amide bonds. The highest BCUT2D eigenvalue weighted by Gasteiger charge is 2.36. The normalized spacial score (nSPS) is 20.8. The van der Waals surface area contributed by atoms with Crippen molar-refractivity contribution in [1.29, 1.82) is 0 Å². The SMILES string of the molecule is CCc1nn(C)c(Cl)c1CN1C[C@H](NC(=O)CCO)[C@@H](C(C)C)C1.Cl. The van der Waals surface area contributed by atoms with E-state index in [1.165, 1.54) is 0 Å². The van der Waals surface area contributed by atoms with Gasteiger partial charge in [-0.15, -0.1) is 12.4 Å². The van der Waals surface area contributed by atoms with E-state index in [-0.39, 0.29) is 37.4 Å². The van der Waals surface area contributed by atoms with E-state index in [4.69, 9.17) is 16.7 Å². The number of aryl methyl sites for hydroxylation is 2. The maximum atomic E-state index is 11.9. The maximum Gasteiger partial charge on any atom is 0.222 e. The molecule has 0 bridgehead atoms. The molecule has 0 radical (unpaired) electrons. The van der Waals surface area contributed by atoms with Crippen molar-refractivity contribution in [1.82, 2.24) is 20.0 Å². The molecule has 1 saturated heterocycles. The van der Waals surface area contributed by atoms with Crippen LogP contribution >= 0.6 is 24.0 Å². The lowest BCUT2D eigenvalue weighted by Crippen LogP contribution is -2.42. The molecule has 1 aliphatic heterocycles. The van der Waals surface area contributed by atoms with Gasteiger partial charge in [-0.2, -0.15) is 5.10 Å². The Labute approximate surface area is 161 Å². The maximum absolute atomic E-state index is 11.9. The zero-order valence-electron chi connectivity index (χ0n) is 15.5. The average Bonchev–Trinajstić information content (AvgIpc) is 3.03. The highest BCUT2D eigenvalue weighted by atomic mass is 35.5. The van der Waals surface area contributed by atoms with E-state index >= 15 is 0 Å². The fraction of sp³-hybridized carbons (Fsp3) is 0.765. The first-order chi connectivity index (χ1) is 11.4. The quantitative estimate of drug-likeness (QED) is 0.744. The minimum atomic E-state index is -0.111. The Morgan fingerprint density at radius 2 is 2.12 bits per heavy atom. The Balaban J connectivity index is 0.00000312. The number of nitrogens with zero attached hydrogens (tertiary/aromatic N) is 3. The number of hydrogen-bond acceptors (Lipinski definition) is 4. The Kier molecular flexibility index (Phi) is 8.68. The third-order valence-corrected chi connectivity index (χ3v) is 5.32. The van der Waals surface area contributed by atoms with Crippen LogP contribution in [0.2, 0.25) is 5.15 Å². The van der Waals surface area contributed by atoms with Crippen LogP contribution < -0.4 is 5.32 Å². The van der Waals surface area contributed by atoms with Gasteiger partial charge in [0.05, 0.1) is 12.3 Å². The van der Waals surface area contributed by atoms with E-state index < -0.39 is 0 Å². The van der Waals surface area contributed by atoms with Gasteiger partial charge in [0, 0.05) is 44.7 Å². The van der Waals surface area contributed by atoms with Crippen molar-refractivity contribution in [2.45, 2.75) is 46.2 Å². The summed E-state index contributed by atoms with van der Waals surface area (Å²) in [6, 6.07) is 0.115. The number of aliphatic hydroxyl groups is 1. The Hall–Kier alpha value is -0.820. The predicted molar refractivity (Wildman–Crippen MR) is 102 cm³/mol. The fourth-order valence-corrected chi connectivity index (χ4v) is 3.72. The lowest BCUT2D eigenvalue weighted by Gasteiger charge is -2.22. The molecule has 2 heterocycles. The molecule has 1 aromatic heterocycles. The number of rotatable bonds is 7. The third kappa shape index (κ3) is 5.33. The fourth-order valence-electron chi connectivity index (χ4n) is 3.52. The monoisotopic (exact) mass is 392 g/mol. The second-order valence-corrected chi connectivity index (χ2v) is 7.30. The molecule has 0 unspecified atom stereocenters. The van der Waals surface area contributed by atoms with Gasteiger partial charge >= 0.3 is 0 Å². The van der Waals surface area contributed by atoms with Gasteiger partial charge in [0.1, 0.15) is 5.15 Å². The zero-order chi connectivity index (χ0) is 17.9. The smallest absolute Gasteiger partial charge is 0.222 e. The van der Waals surface area contributed by atoms with Gasteiger partial charge in [-0.05, 0) is 18.3 Å². The summed E-state index contributed by atoms with van der Waals surface area (Å²) in [4.78, 5) is 14.2. The van der Waals surface area contributed by atoms with Crippen LogP contribution in [0, 0.1) is 11.8 Å². The molecule has 8 heteroatoms.